The zero-order chi connectivity index (χ0) is 18.4. The minimum Gasteiger partial charge on any atom is -0.478 e. The molecule has 0 spiro atoms. The number of halogens is 1. The Kier molecular flexibility index (Phi) is 3.67. The van der Waals surface area contributed by atoms with Crippen molar-refractivity contribution in [2.24, 2.45) is 0 Å². The third kappa shape index (κ3) is 2.33. The predicted molar refractivity (Wildman–Crippen MR) is 98.1 cm³/mol. The molecule has 5 nitrogen and oxygen atoms in total. The second-order valence-corrected chi connectivity index (χ2v) is 6.15. The van der Waals surface area contributed by atoms with Crippen molar-refractivity contribution in [1.82, 2.24) is 0 Å². The predicted octanol–water partition coefficient (Wildman–Crippen LogP) is 5.30. The molecule has 0 aliphatic carbocycles. The standard InChI is InChI=1S/C20H11ClO5/c21-15-7-2-1-4-10(15)11-8-9-14(20(24)25)18-16(11)12-5-3-6-13(19(22)23)17(12)26-18/h1-9H,(H,22,23)(H,24,25). The molecule has 0 bridgehead atoms. The van der Waals surface area contributed by atoms with E-state index in [0.29, 0.717) is 26.9 Å². The third-order valence-electron chi connectivity index (χ3n) is 4.27. The van der Waals surface area contributed by atoms with Crippen molar-refractivity contribution < 1.29 is 24.2 Å². The van der Waals surface area contributed by atoms with Crippen LogP contribution in [0.2, 0.25) is 5.02 Å². The van der Waals surface area contributed by atoms with E-state index in [1.807, 2.05) is 12.1 Å². The Hall–Kier alpha value is -3.31. The lowest BCUT2D eigenvalue weighted by atomic mass is 9.96. The molecule has 4 aromatic rings. The summed E-state index contributed by atoms with van der Waals surface area (Å²) < 4.78 is 5.73. The Balaban J connectivity index is 2.22. The van der Waals surface area contributed by atoms with Gasteiger partial charge in [0.2, 0.25) is 0 Å². The van der Waals surface area contributed by atoms with Gasteiger partial charge in [0.05, 0.1) is 0 Å². The quantitative estimate of drug-likeness (QED) is 0.513. The molecule has 0 saturated heterocycles. The van der Waals surface area contributed by atoms with Crippen molar-refractivity contribution in [2.75, 3.05) is 0 Å². The van der Waals surface area contributed by atoms with E-state index in [2.05, 4.69) is 0 Å². The van der Waals surface area contributed by atoms with Gasteiger partial charge in [0, 0.05) is 21.4 Å². The fourth-order valence-electron chi connectivity index (χ4n) is 3.14. The molecule has 0 aliphatic rings. The van der Waals surface area contributed by atoms with Crippen LogP contribution in [0.3, 0.4) is 0 Å². The molecule has 0 aliphatic heterocycles. The van der Waals surface area contributed by atoms with E-state index in [-0.39, 0.29) is 22.3 Å². The van der Waals surface area contributed by atoms with E-state index in [1.165, 1.54) is 12.1 Å². The minimum absolute atomic E-state index is 0.0276. The van der Waals surface area contributed by atoms with E-state index >= 15 is 0 Å². The van der Waals surface area contributed by atoms with Crippen LogP contribution in [0.1, 0.15) is 20.7 Å². The molecule has 0 atom stereocenters. The summed E-state index contributed by atoms with van der Waals surface area (Å²) in [6.07, 6.45) is 0. The average Bonchev–Trinajstić information content (AvgIpc) is 3.00. The first-order valence-electron chi connectivity index (χ1n) is 7.68. The molecule has 4 rings (SSSR count). The van der Waals surface area contributed by atoms with Gasteiger partial charge in [-0.3, -0.25) is 0 Å². The molecule has 0 amide bonds. The van der Waals surface area contributed by atoms with Gasteiger partial charge in [-0.1, -0.05) is 48.0 Å². The van der Waals surface area contributed by atoms with Crippen molar-refractivity contribution >= 4 is 45.5 Å². The van der Waals surface area contributed by atoms with E-state index in [4.69, 9.17) is 16.0 Å². The molecule has 3 aromatic carbocycles. The lowest BCUT2D eigenvalue weighted by Gasteiger charge is -2.07. The van der Waals surface area contributed by atoms with E-state index in [1.54, 1.807) is 30.3 Å². The highest BCUT2D eigenvalue weighted by Gasteiger charge is 2.22. The number of benzene rings is 3. The molecule has 2 N–H and O–H groups in total. The largest absolute Gasteiger partial charge is 0.478 e. The highest BCUT2D eigenvalue weighted by Crippen LogP contribution is 2.41. The second kappa shape index (κ2) is 5.89. The number of para-hydroxylation sites is 1. The number of carbonyl (C=O) groups is 2. The first-order chi connectivity index (χ1) is 12.5. The van der Waals surface area contributed by atoms with Crippen LogP contribution in [0, 0.1) is 0 Å². The summed E-state index contributed by atoms with van der Waals surface area (Å²) in [7, 11) is 0. The molecule has 128 valence electrons. The molecule has 0 radical (unpaired) electrons. The minimum atomic E-state index is -1.16. The lowest BCUT2D eigenvalue weighted by Crippen LogP contribution is -1.97. The molecular formula is C20H11ClO5. The third-order valence-corrected chi connectivity index (χ3v) is 4.60. The van der Waals surface area contributed by atoms with Gasteiger partial charge in [-0.25, -0.2) is 9.59 Å². The molecule has 1 aromatic heterocycles. The Morgan fingerprint density at radius 1 is 0.769 bits per heavy atom. The number of hydrogen-bond acceptors (Lipinski definition) is 3. The van der Waals surface area contributed by atoms with Crippen molar-refractivity contribution in [3.8, 4) is 11.1 Å². The van der Waals surface area contributed by atoms with Gasteiger partial charge in [0.15, 0.2) is 5.58 Å². The van der Waals surface area contributed by atoms with Crippen LogP contribution < -0.4 is 0 Å². The lowest BCUT2D eigenvalue weighted by molar-refractivity contribution is 0.0688. The number of furan rings is 1. The maximum absolute atomic E-state index is 11.6. The maximum Gasteiger partial charge on any atom is 0.339 e. The summed E-state index contributed by atoms with van der Waals surface area (Å²) in [6.45, 7) is 0. The molecule has 0 fully saturated rings. The Labute approximate surface area is 152 Å². The Morgan fingerprint density at radius 2 is 1.46 bits per heavy atom. The van der Waals surface area contributed by atoms with Crippen LogP contribution in [0.25, 0.3) is 33.1 Å². The Morgan fingerprint density at radius 3 is 2.15 bits per heavy atom. The average molecular weight is 367 g/mol. The molecular weight excluding hydrogens is 356 g/mol. The van der Waals surface area contributed by atoms with Crippen LogP contribution in [0.5, 0.6) is 0 Å². The summed E-state index contributed by atoms with van der Waals surface area (Å²) in [5, 5.41) is 20.5. The summed E-state index contributed by atoms with van der Waals surface area (Å²) >= 11 is 6.32. The summed E-state index contributed by atoms with van der Waals surface area (Å²) in [5.41, 5.74) is 1.58. The zero-order valence-corrected chi connectivity index (χ0v) is 13.9. The van der Waals surface area contributed by atoms with Crippen LogP contribution in [0.15, 0.2) is 59.0 Å². The highest BCUT2D eigenvalue weighted by molar-refractivity contribution is 6.34. The van der Waals surface area contributed by atoms with Crippen molar-refractivity contribution in [3.05, 3.63) is 70.7 Å². The summed E-state index contributed by atoms with van der Waals surface area (Å²) in [6, 6.07) is 15.0. The first kappa shape index (κ1) is 16.2. The molecule has 0 saturated carbocycles. The zero-order valence-electron chi connectivity index (χ0n) is 13.2. The first-order valence-corrected chi connectivity index (χ1v) is 8.06. The van der Waals surface area contributed by atoms with Gasteiger partial charge in [-0.05, 0) is 23.8 Å². The number of hydrogen-bond donors (Lipinski definition) is 2. The maximum atomic E-state index is 11.6. The van der Waals surface area contributed by atoms with Crippen molar-refractivity contribution in [3.63, 3.8) is 0 Å². The van der Waals surface area contributed by atoms with Gasteiger partial charge in [0.25, 0.3) is 0 Å². The number of aromatic carboxylic acids is 2. The molecule has 0 unspecified atom stereocenters. The number of fused-ring (bicyclic) bond motifs is 3. The molecule has 6 heteroatoms. The molecule has 1 heterocycles. The van der Waals surface area contributed by atoms with Crippen LogP contribution in [-0.4, -0.2) is 22.2 Å². The van der Waals surface area contributed by atoms with Crippen molar-refractivity contribution in [2.45, 2.75) is 0 Å². The van der Waals surface area contributed by atoms with Gasteiger partial charge >= 0.3 is 11.9 Å². The summed E-state index contributed by atoms with van der Waals surface area (Å²) in [5.74, 6) is -2.30. The van der Waals surface area contributed by atoms with E-state index < -0.39 is 11.9 Å². The smallest absolute Gasteiger partial charge is 0.339 e. The van der Waals surface area contributed by atoms with E-state index in [0.717, 1.165) is 0 Å². The highest BCUT2D eigenvalue weighted by atomic mass is 35.5. The Bertz CT molecular complexity index is 1210. The van der Waals surface area contributed by atoms with E-state index in [9.17, 15) is 19.8 Å². The van der Waals surface area contributed by atoms with Gasteiger partial charge in [0.1, 0.15) is 16.7 Å². The van der Waals surface area contributed by atoms with Gasteiger partial charge in [-0.2, -0.15) is 0 Å². The fourth-order valence-corrected chi connectivity index (χ4v) is 3.38. The van der Waals surface area contributed by atoms with Gasteiger partial charge in [-0.15, -0.1) is 0 Å². The number of carboxylic acids is 2. The van der Waals surface area contributed by atoms with Crippen molar-refractivity contribution in [1.29, 1.82) is 0 Å². The van der Waals surface area contributed by atoms with Crippen LogP contribution >= 0.6 is 11.6 Å². The summed E-state index contributed by atoms with van der Waals surface area (Å²) in [4.78, 5) is 23.1. The number of rotatable bonds is 3. The SMILES string of the molecule is O=C(O)c1cccc2c1oc1c(C(=O)O)ccc(-c3ccccc3Cl)c12. The number of carboxylic acid groups (broad SMARTS) is 2. The fraction of sp³-hybridized carbons (Fsp3) is 0. The second-order valence-electron chi connectivity index (χ2n) is 5.74. The van der Waals surface area contributed by atoms with Crippen LogP contribution in [-0.2, 0) is 0 Å². The topological polar surface area (TPSA) is 87.7 Å². The van der Waals surface area contributed by atoms with Crippen LogP contribution in [0.4, 0.5) is 0 Å². The normalized spacial score (nSPS) is 11.1. The molecule has 26 heavy (non-hydrogen) atoms. The monoisotopic (exact) mass is 366 g/mol. The van der Waals surface area contributed by atoms with Gasteiger partial charge < -0.3 is 14.6 Å².